The van der Waals surface area contributed by atoms with E-state index in [9.17, 15) is 4.39 Å². The van der Waals surface area contributed by atoms with Crippen LogP contribution in [0.1, 0.15) is 31.9 Å². The van der Waals surface area contributed by atoms with Crippen LogP contribution in [0.2, 0.25) is 0 Å². The normalized spacial score (nSPS) is 21.3. The molecule has 1 aliphatic rings. The van der Waals surface area contributed by atoms with Crippen LogP contribution in [0.5, 0.6) is 0 Å². The minimum absolute atomic E-state index is 0.0555. The van der Waals surface area contributed by atoms with E-state index < -0.39 is 0 Å². The molecule has 0 saturated carbocycles. The Morgan fingerprint density at radius 2 is 2.26 bits per heavy atom. The molecule has 3 nitrogen and oxygen atoms in total. The van der Waals surface area contributed by atoms with E-state index in [1.807, 2.05) is 6.07 Å². The number of nitrogens with zero attached hydrogens (tertiary/aromatic N) is 1. The standard InChI is InChI=1S/C15H23FN2O/c1-15(2)11-19-9-8-18(15)7-6-14(17)12-4-3-5-13(16)10-12/h3-5,10,14H,6-9,11,17H2,1-2H3. The molecule has 1 heterocycles. The lowest BCUT2D eigenvalue weighted by Gasteiger charge is -2.42. The molecule has 0 aromatic heterocycles. The summed E-state index contributed by atoms with van der Waals surface area (Å²) in [6.45, 7) is 7.73. The first-order valence-electron chi connectivity index (χ1n) is 6.83. The van der Waals surface area contributed by atoms with Crippen molar-refractivity contribution in [1.82, 2.24) is 4.90 Å². The second-order valence-corrected chi connectivity index (χ2v) is 5.80. The van der Waals surface area contributed by atoms with Crippen LogP contribution in [0.25, 0.3) is 0 Å². The van der Waals surface area contributed by atoms with E-state index in [4.69, 9.17) is 10.5 Å². The fourth-order valence-corrected chi connectivity index (χ4v) is 2.50. The maximum atomic E-state index is 13.2. The summed E-state index contributed by atoms with van der Waals surface area (Å²) >= 11 is 0. The molecular weight excluding hydrogens is 243 g/mol. The minimum Gasteiger partial charge on any atom is -0.378 e. The van der Waals surface area contributed by atoms with Gasteiger partial charge in [0.1, 0.15) is 5.82 Å². The van der Waals surface area contributed by atoms with Crippen LogP contribution >= 0.6 is 0 Å². The molecule has 1 unspecified atom stereocenters. The van der Waals surface area contributed by atoms with Gasteiger partial charge in [-0.2, -0.15) is 0 Å². The Bertz CT molecular complexity index is 422. The lowest BCUT2D eigenvalue weighted by molar-refractivity contribution is -0.0517. The van der Waals surface area contributed by atoms with Crippen molar-refractivity contribution in [2.45, 2.75) is 31.8 Å². The van der Waals surface area contributed by atoms with Gasteiger partial charge in [-0.05, 0) is 38.0 Å². The molecular formula is C15H23FN2O. The van der Waals surface area contributed by atoms with Crippen molar-refractivity contribution in [3.63, 3.8) is 0 Å². The van der Waals surface area contributed by atoms with Crippen molar-refractivity contribution in [3.8, 4) is 0 Å². The Morgan fingerprint density at radius 1 is 1.47 bits per heavy atom. The summed E-state index contributed by atoms with van der Waals surface area (Å²) in [5, 5.41) is 0. The maximum Gasteiger partial charge on any atom is 0.123 e. The van der Waals surface area contributed by atoms with Crippen LogP contribution in [0, 0.1) is 5.82 Å². The third-order valence-corrected chi connectivity index (χ3v) is 3.80. The maximum absolute atomic E-state index is 13.2. The van der Waals surface area contributed by atoms with Crippen LogP contribution in [0.15, 0.2) is 24.3 Å². The SMILES string of the molecule is CC1(C)COCCN1CCC(N)c1cccc(F)c1. The number of hydrogen-bond acceptors (Lipinski definition) is 3. The minimum atomic E-state index is -0.223. The topological polar surface area (TPSA) is 38.5 Å². The Kier molecular flexibility index (Phi) is 4.55. The lowest BCUT2D eigenvalue weighted by atomic mass is 9.99. The predicted molar refractivity (Wildman–Crippen MR) is 74.4 cm³/mol. The molecule has 2 rings (SSSR count). The number of benzene rings is 1. The molecule has 0 radical (unpaired) electrons. The van der Waals surface area contributed by atoms with Crippen molar-refractivity contribution in [1.29, 1.82) is 0 Å². The van der Waals surface area contributed by atoms with Gasteiger partial charge in [-0.25, -0.2) is 4.39 Å². The summed E-state index contributed by atoms with van der Waals surface area (Å²) in [6, 6.07) is 6.45. The number of rotatable bonds is 4. The lowest BCUT2D eigenvalue weighted by Crippen LogP contribution is -2.53. The zero-order valence-corrected chi connectivity index (χ0v) is 11.7. The van der Waals surface area contributed by atoms with E-state index in [-0.39, 0.29) is 17.4 Å². The molecule has 106 valence electrons. The molecule has 1 aliphatic heterocycles. The summed E-state index contributed by atoms with van der Waals surface area (Å²) in [5.74, 6) is -0.223. The van der Waals surface area contributed by atoms with Gasteiger partial charge in [0.15, 0.2) is 0 Å². The molecule has 1 aromatic rings. The average molecular weight is 266 g/mol. The summed E-state index contributed by atoms with van der Waals surface area (Å²) < 4.78 is 18.7. The first-order valence-corrected chi connectivity index (χ1v) is 6.83. The zero-order chi connectivity index (χ0) is 13.9. The van der Waals surface area contributed by atoms with Gasteiger partial charge in [-0.3, -0.25) is 4.90 Å². The molecule has 0 amide bonds. The van der Waals surface area contributed by atoms with Gasteiger partial charge in [0.05, 0.1) is 13.2 Å². The van der Waals surface area contributed by atoms with Crippen LogP contribution in [-0.2, 0) is 4.74 Å². The van der Waals surface area contributed by atoms with Crippen LogP contribution < -0.4 is 5.73 Å². The zero-order valence-electron chi connectivity index (χ0n) is 11.7. The Labute approximate surface area is 114 Å². The van der Waals surface area contributed by atoms with Gasteiger partial charge in [-0.15, -0.1) is 0 Å². The fourth-order valence-electron chi connectivity index (χ4n) is 2.50. The number of morpholine rings is 1. The van der Waals surface area contributed by atoms with Gasteiger partial charge >= 0.3 is 0 Å². The summed E-state index contributed by atoms with van der Waals surface area (Å²) in [7, 11) is 0. The summed E-state index contributed by atoms with van der Waals surface area (Å²) in [5.41, 5.74) is 7.07. The second-order valence-electron chi connectivity index (χ2n) is 5.80. The Balaban J connectivity index is 1.91. The molecule has 4 heteroatoms. The highest BCUT2D eigenvalue weighted by Crippen LogP contribution is 2.22. The average Bonchev–Trinajstić information content (AvgIpc) is 2.36. The third kappa shape index (κ3) is 3.75. The quantitative estimate of drug-likeness (QED) is 0.909. The van der Waals surface area contributed by atoms with E-state index >= 15 is 0 Å². The van der Waals surface area contributed by atoms with Gasteiger partial charge in [-0.1, -0.05) is 12.1 Å². The van der Waals surface area contributed by atoms with E-state index in [2.05, 4.69) is 18.7 Å². The molecule has 2 N–H and O–H groups in total. The smallest absolute Gasteiger partial charge is 0.123 e. The highest BCUT2D eigenvalue weighted by atomic mass is 19.1. The van der Waals surface area contributed by atoms with Crippen molar-refractivity contribution in [2.75, 3.05) is 26.3 Å². The van der Waals surface area contributed by atoms with Crippen molar-refractivity contribution in [2.24, 2.45) is 5.73 Å². The summed E-state index contributed by atoms with van der Waals surface area (Å²) in [6.07, 6.45) is 0.826. The Hall–Kier alpha value is -0.970. The van der Waals surface area contributed by atoms with Crippen molar-refractivity contribution < 1.29 is 9.13 Å². The highest BCUT2D eigenvalue weighted by molar-refractivity contribution is 5.19. The largest absolute Gasteiger partial charge is 0.378 e. The first-order chi connectivity index (χ1) is 8.99. The van der Waals surface area contributed by atoms with Crippen molar-refractivity contribution >= 4 is 0 Å². The number of nitrogens with two attached hydrogens (primary N) is 1. The van der Waals surface area contributed by atoms with E-state index in [0.29, 0.717) is 0 Å². The molecule has 0 spiro atoms. The van der Waals surface area contributed by atoms with Gasteiger partial charge < -0.3 is 10.5 Å². The number of ether oxygens (including phenoxy) is 1. The van der Waals surface area contributed by atoms with Crippen LogP contribution in [-0.4, -0.2) is 36.7 Å². The second kappa shape index (κ2) is 5.99. The molecule has 0 bridgehead atoms. The highest BCUT2D eigenvalue weighted by Gasteiger charge is 2.30. The van der Waals surface area contributed by atoms with Crippen LogP contribution in [0.3, 0.4) is 0 Å². The number of hydrogen-bond donors (Lipinski definition) is 1. The summed E-state index contributed by atoms with van der Waals surface area (Å²) in [4.78, 5) is 2.40. The van der Waals surface area contributed by atoms with Gasteiger partial charge in [0.25, 0.3) is 0 Å². The molecule has 0 aliphatic carbocycles. The molecule has 1 fully saturated rings. The van der Waals surface area contributed by atoms with Gasteiger partial charge in [0.2, 0.25) is 0 Å². The fraction of sp³-hybridized carbons (Fsp3) is 0.600. The molecule has 19 heavy (non-hydrogen) atoms. The van der Waals surface area contributed by atoms with E-state index in [0.717, 1.165) is 38.3 Å². The third-order valence-electron chi connectivity index (χ3n) is 3.80. The van der Waals surface area contributed by atoms with Crippen LogP contribution in [0.4, 0.5) is 4.39 Å². The molecule has 1 saturated heterocycles. The molecule has 1 aromatic carbocycles. The monoisotopic (exact) mass is 266 g/mol. The van der Waals surface area contributed by atoms with E-state index in [1.165, 1.54) is 12.1 Å². The number of halogens is 1. The first kappa shape index (κ1) is 14.4. The Morgan fingerprint density at radius 3 is 2.95 bits per heavy atom. The van der Waals surface area contributed by atoms with Crippen molar-refractivity contribution in [3.05, 3.63) is 35.6 Å². The predicted octanol–water partition coefficient (Wildman–Crippen LogP) is 2.33. The molecule has 1 atom stereocenters. The van der Waals surface area contributed by atoms with Gasteiger partial charge in [0, 0.05) is 24.7 Å². The van der Waals surface area contributed by atoms with E-state index in [1.54, 1.807) is 6.07 Å².